The highest BCUT2D eigenvalue weighted by Gasteiger charge is 2.12. The maximum absolute atomic E-state index is 10.6. The van der Waals surface area contributed by atoms with E-state index >= 15 is 0 Å². The topological polar surface area (TPSA) is 89.1 Å². The number of carboxylic acids is 1. The molecule has 1 aromatic carbocycles. The molecule has 5 nitrogen and oxygen atoms in total. The zero-order chi connectivity index (χ0) is 10.8. The van der Waals surface area contributed by atoms with E-state index in [9.17, 15) is 4.79 Å². The normalized spacial score (nSPS) is 12.9. The fraction of sp³-hybridized carbons (Fsp3) is 0.222. The maximum Gasteiger partial charge on any atom is 0.320 e. The van der Waals surface area contributed by atoms with Gasteiger partial charge < -0.3 is 10.8 Å². The predicted octanol–water partition coefficient (Wildman–Crippen LogP) is 0.646. The Morgan fingerprint density at radius 1 is 1.47 bits per heavy atom. The molecule has 0 saturated carbocycles. The highest BCUT2D eigenvalue weighted by atomic mass is 32.1. The summed E-state index contributed by atoms with van der Waals surface area (Å²) in [6.07, 6.45) is 0.308. The lowest BCUT2D eigenvalue weighted by Gasteiger charge is -2.05. The van der Waals surface area contributed by atoms with Crippen LogP contribution in [0, 0.1) is 0 Å². The summed E-state index contributed by atoms with van der Waals surface area (Å²) >= 11 is 1.14. The molecule has 0 saturated heterocycles. The van der Waals surface area contributed by atoms with E-state index in [1.165, 1.54) is 0 Å². The van der Waals surface area contributed by atoms with E-state index in [0.717, 1.165) is 28.3 Å². The van der Waals surface area contributed by atoms with E-state index in [2.05, 4.69) is 8.75 Å². The van der Waals surface area contributed by atoms with Gasteiger partial charge in [0.25, 0.3) is 0 Å². The van der Waals surface area contributed by atoms with Gasteiger partial charge in [0, 0.05) is 0 Å². The van der Waals surface area contributed by atoms with Gasteiger partial charge in [-0.15, -0.1) is 0 Å². The molecule has 2 rings (SSSR count). The molecule has 0 aliphatic heterocycles. The van der Waals surface area contributed by atoms with Crippen molar-refractivity contribution in [3.63, 3.8) is 0 Å². The van der Waals surface area contributed by atoms with Crippen molar-refractivity contribution in [2.45, 2.75) is 12.5 Å². The summed E-state index contributed by atoms with van der Waals surface area (Å²) in [7, 11) is 0. The lowest BCUT2D eigenvalue weighted by Crippen LogP contribution is -2.32. The number of aromatic nitrogens is 2. The van der Waals surface area contributed by atoms with Crippen molar-refractivity contribution in [3.8, 4) is 0 Å². The average molecular weight is 223 g/mol. The molecule has 78 valence electrons. The quantitative estimate of drug-likeness (QED) is 0.797. The van der Waals surface area contributed by atoms with E-state index in [-0.39, 0.29) is 0 Å². The first kappa shape index (κ1) is 10.0. The molecule has 0 bridgehead atoms. The monoisotopic (exact) mass is 223 g/mol. The van der Waals surface area contributed by atoms with Gasteiger partial charge in [0.1, 0.15) is 17.1 Å². The van der Waals surface area contributed by atoms with E-state index in [1.807, 2.05) is 18.2 Å². The van der Waals surface area contributed by atoms with E-state index in [0.29, 0.717) is 6.42 Å². The van der Waals surface area contributed by atoms with Gasteiger partial charge >= 0.3 is 5.97 Å². The molecule has 0 spiro atoms. The first-order valence-corrected chi connectivity index (χ1v) is 5.09. The second kappa shape index (κ2) is 3.92. The van der Waals surface area contributed by atoms with Gasteiger partial charge in [-0.3, -0.25) is 4.79 Å². The van der Waals surface area contributed by atoms with Crippen molar-refractivity contribution < 1.29 is 9.90 Å². The van der Waals surface area contributed by atoms with Gasteiger partial charge in [-0.2, -0.15) is 8.75 Å². The van der Waals surface area contributed by atoms with Crippen LogP contribution in [0.5, 0.6) is 0 Å². The molecule has 2 aromatic rings. The Balaban J connectivity index is 2.24. The Bertz CT molecular complexity index is 497. The number of aliphatic carboxylic acids is 1. The fourth-order valence-electron chi connectivity index (χ4n) is 1.30. The van der Waals surface area contributed by atoms with Crippen LogP contribution in [0.1, 0.15) is 5.56 Å². The fourth-order valence-corrected chi connectivity index (χ4v) is 1.81. The Hall–Kier alpha value is -1.53. The number of hydrogen-bond acceptors (Lipinski definition) is 5. The van der Waals surface area contributed by atoms with E-state index < -0.39 is 12.0 Å². The molecule has 6 heteroatoms. The summed E-state index contributed by atoms with van der Waals surface area (Å²) in [6.45, 7) is 0. The van der Waals surface area contributed by atoms with Crippen LogP contribution in [0.25, 0.3) is 11.0 Å². The number of fused-ring (bicyclic) bond motifs is 1. The van der Waals surface area contributed by atoms with Crippen molar-refractivity contribution in [2.24, 2.45) is 5.73 Å². The smallest absolute Gasteiger partial charge is 0.320 e. The van der Waals surface area contributed by atoms with Gasteiger partial charge in [0.2, 0.25) is 0 Å². The summed E-state index contributed by atoms with van der Waals surface area (Å²) in [6, 6.07) is 4.60. The third kappa shape index (κ3) is 2.11. The van der Waals surface area contributed by atoms with Crippen LogP contribution in [0.15, 0.2) is 18.2 Å². The molecule has 3 N–H and O–H groups in total. The van der Waals surface area contributed by atoms with Crippen LogP contribution in [0.3, 0.4) is 0 Å². The van der Waals surface area contributed by atoms with Gasteiger partial charge in [-0.1, -0.05) is 6.07 Å². The molecule has 0 unspecified atom stereocenters. The molecule has 0 fully saturated rings. The number of nitrogens with zero attached hydrogens (tertiary/aromatic N) is 2. The minimum atomic E-state index is -0.994. The molecule has 1 aromatic heterocycles. The number of carboxylic acid groups (broad SMARTS) is 1. The SMILES string of the molecule is N[C@@H](Cc1ccc2nsnc2c1)C(=O)O. The van der Waals surface area contributed by atoms with Crippen LogP contribution in [0.4, 0.5) is 0 Å². The third-order valence-electron chi connectivity index (χ3n) is 2.09. The van der Waals surface area contributed by atoms with Crippen LogP contribution in [-0.4, -0.2) is 25.9 Å². The number of nitrogens with two attached hydrogens (primary N) is 1. The highest BCUT2D eigenvalue weighted by molar-refractivity contribution is 7.00. The first-order valence-electron chi connectivity index (χ1n) is 4.36. The lowest BCUT2D eigenvalue weighted by atomic mass is 10.1. The summed E-state index contributed by atoms with van der Waals surface area (Å²) in [5.41, 5.74) is 7.91. The minimum absolute atomic E-state index is 0.308. The number of benzene rings is 1. The molecular formula is C9H9N3O2S. The van der Waals surface area contributed by atoms with Crippen molar-refractivity contribution >= 4 is 28.7 Å². The second-order valence-electron chi connectivity index (χ2n) is 3.24. The summed E-state index contributed by atoms with van der Waals surface area (Å²) < 4.78 is 8.13. The van der Waals surface area contributed by atoms with Gasteiger partial charge in [0.15, 0.2) is 0 Å². The van der Waals surface area contributed by atoms with Crippen molar-refractivity contribution in [2.75, 3.05) is 0 Å². The molecular weight excluding hydrogens is 214 g/mol. The summed E-state index contributed by atoms with van der Waals surface area (Å²) in [5, 5.41) is 8.67. The molecule has 0 radical (unpaired) electrons. The van der Waals surface area contributed by atoms with Crippen molar-refractivity contribution in [1.29, 1.82) is 0 Å². The summed E-state index contributed by atoms with van der Waals surface area (Å²) in [4.78, 5) is 10.6. The minimum Gasteiger partial charge on any atom is -0.480 e. The van der Waals surface area contributed by atoms with Crippen LogP contribution >= 0.6 is 11.7 Å². The molecule has 1 heterocycles. The van der Waals surface area contributed by atoms with Crippen molar-refractivity contribution in [1.82, 2.24) is 8.75 Å². The number of hydrogen-bond donors (Lipinski definition) is 2. The molecule has 15 heavy (non-hydrogen) atoms. The number of rotatable bonds is 3. The van der Waals surface area contributed by atoms with Crippen LogP contribution in [0.2, 0.25) is 0 Å². The zero-order valence-corrected chi connectivity index (χ0v) is 8.57. The largest absolute Gasteiger partial charge is 0.480 e. The Kier molecular flexibility index (Phi) is 2.61. The number of carbonyl (C=O) groups is 1. The molecule has 1 atom stereocenters. The first-order chi connectivity index (χ1) is 7.16. The lowest BCUT2D eigenvalue weighted by molar-refractivity contribution is -0.138. The third-order valence-corrected chi connectivity index (χ3v) is 2.65. The Morgan fingerprint density at radius 2 is 2.20 bits per heavy atom. The highest BCUT2D eigenvalue weighted by Crippen LogP contribution is 2.14. The average Bonchev–Trinajstić information content (AvgIpc) is 2.64. The summed E-state index contributed by atoms with van der Waals surface area (Å²) in [5.74, 6) is -0.994. The Morgan fingerprint density at radius 3 is 2.93 bits per heavy atom. The van der Waals surface area contributed by atoms with E-state index in [4.69, 9.17) is 10.8 Å². The zero-order valence-electron chi connectivity index (χ0n) is 7.75. The van der Waals surface area contributed by atoms with Gasteiger partial charge in [0.05, 0.1) is 11.7 Å². The predicted molar refractivity (Wildman–Crippen MR) is 56.7 cm³/mol. The maximum atomic E-state index is 10.6. The van der Waals surface area contributed by atoms with Gasteiger partial charge in [-0.05, 0) is 24.1 Å². The molecule has 0 aliphatic rings. The van der Waals surface area contributed by atoms with Crippen molar-refractivity contribution in [3.05, 3.63) is 23.8 Å². The standard InChI is InChI=1S/C9H9N3O2S/c10-6(9(13)14)3-5-1-2-7-8(4-5)12-15-11-7/h1-2,4,6H,3,10H2,(H,13,14)/t6-/m0/s1. The van der Waals surface area contributed by atoms with Gasteiger partial charge in [-0.25, -0.2) is 0 Å². The second-order valence-corrected chi connectivity index (χ2v) is 3.76. The molecule has 0 amide bonds. The Labute approximate surface area is 89.9 Å². The van der Waals surface area contributed by atoms with Crippen LogP contribution < -0.4 is 5.73 Å². The van der Waals surface area contributed by atoms with Crippen LogP contribution in [-0.2, 0) is 11.2 Å². The van der Waals surface area contributed by atoms with E-state index in [1.54, 1.807) is 0 Å². The molecule has 0 aliphatic carbocycles.